The second kappa shape index (κ2) is 6.98. The third-order valence-corrected chi connectivity index (χ3v) is 5.47. The Labute approximate surface area is 156 Å². The summed E-state index contributed by atoms with van der Waals surface area (Å²) in [5.41, 5.74) is 1.33. The van der Waals surface area contributed by atoms with E-state index in [9.17, 15) is 14.0 Å². The number of anilines is 1. The van der Waals surface area contributed by atoms with Gasteiger partial charge in [0.2, 0.25) is 5.91 Å². The number of amides is 3. The standard InChI is InChI=1S/C20H21FN4O2/c21-15-2-1-3-16(10-15)24-19(27)25-9-6-20(13-25)11-17(20)18(26)23-12-14-4-7-22-8-5-14/h1-5,7-8,10,17H,6,9,11-13H2,(H,23,26)(H,24,27)/t17-,20+/m0/s1. The van der Waals surface area contributed by atoms with Crippen molar-refractivity contribution in [2.24, 2.45) is 11.3 Å². The lowest BCUT2D eigenvalue weighted by atomic mass is 10.0. The van der Waals surface area contributed by atoms with Gasteiger partial charge in [0.1, 0.15) is 5.82 Å². The van der Waals surface area contributed by atoms with Gasteiger partial charge in [-0.3, -0.25) is 9.78 Å². The van der Waals surface area contributed by atoms with Gasteiger partial charge >= 0.3 is 6.03 Å². The minimum atomic E-state index is -0.390. The highest BCUT2D eigenvalue weighted by Crippen LogP contribution is 2.58. The second-order valence-corrected chi connectivity index (χ2v) is 7.30. The van der Waals surface area contributed by atoms with Gasteiger partial charge in [0, 0.05) is 49.0 Å². The molecule has 2 atom stereocenters. The van der Waals surface area contributed by atoms with E-state index in [1.807, 2.05) is 12.1 Å². The molecule has 0 radical (unpaired) electrons. The van der Waals surface area contributed by atoms with Gasteiger partial charge in [-0.1, -0.05) is 6.07 Å². The highest BCUT2D eigenvalue weighted by Gasteiger charge is 2.61. The van der Waals surface area contributed by atoms with Crippen molar-refractivity contribution in [2.45, 2.75) is 19.4 Å². The van der Waals surface area contributed by atoms with E-state index in [4.69, 9.17) is 0 Å². The molecular weight excluding hydrogens is 347 g/mol. The summed E-state index contributed by atoms with van der Waals surface area (Å²) in [5.74, 6) is -0.399. The van der Waals surface area contributed by atoms with Crippen molar-refractivity contribution < 1.29 is 14.0 Å². The Morgan fingerprint density at radius 1 is 1.26 bits per heavy atom. The zero-order chi connectivity index (χ0) is 18.9. The van der Waals surface area contributed by atoms with Crippen LogP contribution < -0.4 is 10.6 Å². The molecule has 3 amide bonds. The lowest BCUT2D eigenvalue weighted by molar-refractivity contribution is -0.123. The van der Waals surface area contributed by atoms with Gasteiger partial charge in [-0.25, -0.2) is 9.18 Å². The van der Waals surface area contributed by atoms with Crippen LogP contribution in [0.2, 0.25) is 0 Å². The molecule has 1 saturated carbocycles. The van der Waals surface area contributed by atoms with Crippen LogP contribution >= 0.6 is 0 Å². The molecule has 27 heavy (non-hydrogen) atoms. The number of benzene rings is 1. The normalized spacial score (nSPS) is 23.3. The quantitative estimate of drug-likeness (QED) is 0.871. The van der Waals surface area contributed by atoms with E-state index in [0.29, 0.717) is 25.3 Å². The number of aromatic nitrogens is 1. The molecule has 2 aliphatic rings. The molecule has 6 nitrogen and oxygen atoms in total. The predicted octanol–water partition coefficient (Wildman–Crippen LogP) is 2.78. The summed E-state index contributed by atoms with van der Waals surface area (Å²) in [6, 6.07) is 9.32. The fraction of sp³-hybridized carbons (Fsp3) is 0.350. The topological polar surface area (TPSA) is 74.3 Å². The van der Waals surface area contributed by atoms with Gasteiger partial charge in [0.15, 0.2) is 0 Å². The first-order valence-corrected chi connectivity index (χ1v) is 9.04. The first kappa shape index (κ1) is 17.5. The first-order valence-electron chi connectivity index (χ1n) is 9.04. The monoisotopic (exact) mass is 368 g/mol. The third-order valence-electron chi connectivity index (χ3n) is 5.47. The zero-order valence-electron chi connectivity index (χ0n) is 14.8. The van der Waals surface area contributed by atoms with Gasteiger partial charge in [-0.15, -0.1) is 0 Å². The molecule has 0 bridgehead atoms. The molecule has 2 aromatic rings. The fourth-order valence-electron chi connectivity index (χ4n) is 3.82. The summed E-state index contributed by atoms with van der Waals surface area (Å²) in [4.78, 5) is 30.5. The number of likely N-dealkylation sites (tertiary alicyclic amines) is 1. The van der Waals surface area contributed by atoms with Crippen molar-refractivity contribution in [3.8, 4) is 0 Å². The maximum Gasteiger partial charge on any atom is 0.321 e. The molecule has 1 spiro atoms. The van der Waals surface area contributed by atoms with Crippen molar-refractivity contribution in [1.29, 1.82) is 0 Å². The predicted molar refractivity (Wildman–Crippen MR) is 98.2 cm³/mol. The molecule has 140 valence electrons. The van der Waals surface area contributed by atoms with Crippen LogP contribution in [0, 0.1) is 17.2 Å². The summed E-state index contributed by atoms with van der Waals surface area (Å²) in [6.45, 7) is 1.65. The maximum absolute atomic E-state index is 13.3. The smallest absolute Gasteiger partial charge is 0.321 e. The van der Waals surface area contributed by atoms with Crippen LogP contribution in [0.15, 0.2) is 48.8 Å². The van der Waals surface area contributed by atoms with Crippen molar-refractivity contribution in [3.63, 3.8) is 0 Å². The van der Waals surface area contributed by atoms with E-state index < -0.39 is 0 Å². The molecule has 1 aromatic heterocycles. The molecule has 0 unspecified atom stereocenters. The van der Waals surface area contributed by atoms with Crippen LogP contribution in [-0.4, -0.2) is 34.9 Å². The summed E-state index contributed by atoms with van der Waals surface area (Å²) in [6.07, 6.45) is 5.02. The number of hydrogen-bond acceptors (Lipinski definition) is 3. The molecule has 1 aliphatic heterocycles. The largest absolute Gasteiger partial charge is 0.352 e. The van der Waals surface area contributed by atoms with Gasteiger partial charge in [0.25, 0.3) is 0 Å². The summed E-state index contributed by atoms with van der Waals surface area (Å²) in [7, 11) is 0. The van der Waals surface area contributed by atoms with E-state index >= 15 is 0 Å². The summed E-state index contributed by atoms with van der Waals surface area (Å²) < 4.78 is 13.3. The van der Waals surface area contributed by atoms with Gasteiger partial charge < -0.3 is 15.5 Å². The zero-order valence-corrected chi connectivity index (χ0v) is 14.8. The Hall–Kier alpha value is -2.96. The van der Waals surface area contributed by atoms with Crippen LogP contribution in [0.1, 0.15) is 18.4 Å². The van der Waals surface area contributed by atoms with Gasteiger partial charge in [-0.2, -0.15) is 0 Å². The molecule has 2 heterocycles. The molecule has 1 saturated heterocycles. The van der Waals surface area contributed by atoms with Crippen LogP contribution in [0.5, 0.6) is 0 Å². The molecule has 4 rings (SSSR count). The molecule has 2 fully saturated rings. The highest BCUT2D eigenvalue weighted by molar-refractivity contribution is 5.90. The van der Waals surface area contributed by atoms with Crippen LogP contribution in [0.3, 0.4) is 0 Å². The third kappa shape index (κ3) is 3.77. The van der Waals surface area contributed by atoms with E-state index in [-0.39, 0.29) is 29.1 Å². The summed E-state index contributed by atoms with van der Waals surface area (Å²) >= 11 is 0. The Morgan fingerprint density at radius 3 is 2.85 bits per heavy atom. The Kier molecular flexibility index (Phi) is 4.51. The number of pyridine rings is 1. The van der Waals surface area contributed by atoms with Gasteiger partial charge in [0.05, 0.1) is 0 Å². The number of nitrogens with zero attached hydrogens (tertiary/aromatic N) is 2. The number of urea groups is 1. The fourth-order valence-corrected chi connectivity index (χ4v) is 3.82. The number of rotatable bonds is 4. The van der Waals surface area contributed by atoms with E-state index in [1.54, 1.807) is 29.4 Å². The average molecular weight is 368 g/mol. The SMILES string of the molecule is O=C(NCc1ccncc1)[C@@H]1C[C@@]12CCN(C(=O)Nc1cccc(F)c1)C2. The minimum absolute atomic E-state index is 0.0409. The minimum Gasteiger partial charge on any atom is -0.352 e. The number of nitrogens with one attached hydrogen (secondary N) is 2. The molecular formula is C20H21FN4O2. The number of carbonyl (C=O) groups is 2. The molecule has 2 N–H and O–H groups in total. The van der Waals surface area contributed by atoms with E-state index in [0.717, 1.165) is 18.4 Å². The molecule has 7 heteroatoms. The van der Waals surface area contributed by atoms with E-state index in [1.165, 1.54) is 12.1 Å². The number of carbonyl (C=O) groups excluding carboxylic acids is 2. The first-order chi connectivity index (χ1) is 13.1. The maximum atomic E-state index is 13.3. The Morgan fingerprint density at radius 2 is 2.07 bits per heavy atom. The lowest BCUT2D eigenvalue weighted by Gasteiger charge is -2.17. The average Bonchev–Trinajstić information content (AvgIpc) is 3.20. The van der Waals surface area contributed by atoms with Crippen molar-refractivity contribution >= 4 is 17.6 Å². The van der Waals surface area contributed by atoms with Crippen LogP contribution in [-0.2, 0) is 11.3 Å². The van der Waals surface area contributed by atoms with E-state index in [2.05, 4.69) is 15.6 Å². The number of halogens is 1. The Balaban J connectivity index is 1.29. The molecule has 1 aliphatic carbocycles. The van der Waals surface area contributed by atoms with Crippen molar-refractivity contribution in [1.82, 2.24) is 15.2 Å². The number of hydrogen-bond donors (Lipinski definition) is 2. The highest BCUT2D eigenvalue weighted by atomic mass is 19.1. The Bertz CT molecular complexity index is 860. The summed E-state index contributed by atoms with van der Waals surface area (Å²) in [5, 5.41) is 5.70. The van der Waals surface area contributed by atoms with Crippen LogP contribution in [0.25, 0.3) is 0 Å². The lowest BCUT2D eigenvalue weighted by Crippen LogP contribution is -2.34. The second-order valence-electron chi connectivity index (χ2n) is 7.30. The van der Waals surface area contributed by atoms with Crippen molar-refractivity contribution in [2.75, 3.05) is 18.4 Å². The van der Waals surface area contributed by atoms with Crippen LogP contribution in [0.4, 0.5) is 14.9 Å². The van der Waals surface area contributed by atoms with Crippen molar-refractivity contribution in [3.05, 3.63) is 60.2 Å². The van der Waals surface area contributed by atoms with Gasteiger partial charge in [-0.05, 0) is 48.7 Å². The molecule has 1 aromatic carbocycles.